The van der Waals surface area contributed by atoms with E-state index in [0.29, 0.717) is 17.2 Å². The highest BCUT2D eigenvalue weighted by atomic mass is 16.5. The van der Waals surface area contributed by atoms with Crippen molar-refractivity contribution in [1.29, 1.82) is 0 Å². The number of carbonyl (C=O) groups excluding carboxylic acids is 1. The Bertz CT molecular complexity index is 517. The first-order valence-electron chi connectivity index (χ1n) is 7.64. The summed E-state index contributed by atoms with van der Waals surface area (Å²) in [4.78, 5) is 13.9. The van der Waals surface area contributed by atoms with Crippen LogP contribution in [0, 0.1) is 5.92 Å². The number of benzene rings is 1. The monoisotopic (exact) mass is 323 g/mol. The molecule has 0 atom stereocenters. The lowest BCUT2D eigenvalue weighted by Crippen LogP contribution is -2.42. The molecule has 1 aromatic carbocycles. The van der Waals surface area contributed by atoms with Crippen LogP contribution in [0.2, 0.25) is 0 Å². The average Bonchev–Trinajstić information content (AvgIpc) is 2.60. The molecule has 1 saturated heterocycles. The van der Waals surface area contributed by atoms with Gasteiger partial charge in [-0.3, -0.25) is 15.1 Å². The van der Waals surface area contributed by atoms with Crippen LogP contribution in [0.1, 0.15) is 18.4 Å². The van der Waals surface area contributed by atoms with Gasteiger partial charge in [-0.15, -0.1) is 0 Å². The second-order valence-corrected chi connectivity index (χ2v) is 5.59. The second kappa shape index (κ2) is 8.03. The molecular formula is C16H25N3O4. The lowest BCUT2D eigenvalue weighted by atomic mass is 9.96. The molecule has 23 heavy (non-hydrogen) atoms. The van der Waals surface area contributed by atoms with Crippen molar-refractivity contribution >= 4 is 5.91 Å². The predicted molar refractivity (Wildman–Crippen MR) is 86.4 cm³/mol. The van der Waals surface area contributed by atoms with Crippen LogP contribution in [0.3, 0.4) is 0 Å². The van der Waals surface area contributed by atoms with E-state index in [-0.39, 0.29) is 11.8 Å². The van der Waals surface area contributed by atoms with E-state index in [1.54, 1.807) is 21.3 Å². The van der Waals surface area contributed by atoms with Gasteiger partial charge in [0.2, 0.25) is 11.7 Å². The van der Waals surface area contributed by atoms with Crippen LogP contribution in [-0.4, -0.2) is 45.2 Å². The van der Waals surface area contributed by atoms with Crippen molar-refractivity contribution in [3.63, 3.8) is 0 Å². The fourth-order valence-corrected chi connectivity index (χ4v) is 2.96. The largest absolute Gasteiger partial charge is 0.493 e. The number of nitrogens with two attached hydrogens (primary N) is 1. The molecular weight excluding hydrogens is 298 g/mol. The van der Waals surface area contributed by atoms with Gasteiger partial charge in [-0.25, -0.2) is 5.84 Å². The first-order valence-corrected chi connectivity index (χ1v) is 7.64. The fraction of sp³-hybridized carbons (Fsp3) is 0.562. The normalized spacial score (nSPS) is 16.0. The minimum atomic E-state index is -0.0718. The lowest BCUT2D eigenvalue weighted by Gasteiger charge is -2.31. The molecule has 0 unspecified atom stereocenters. The first-order chi connectivity index (χ1) is 11.1. The summed E-state index contributed by atoms with van der Waals surface area (Å²) in [6.07, 6.45) is 1.63. The Kier molecular flexibility index (Phi) is 6.06. The molecule has 128 valence electrons. The van der Waals surface area contributed by atoms with E-state index >= 15 is 0 Å². The summed E-state index contributed by atoms with van der Waals surface area (Å²) >= 11 is 0. The van der Waals surface area contributed by atoms with Gasteiger partial charge in [0.25, 0.3) is 0 Å². The molecule has 2 rings (SSSR count). The van der Waals surface area contributed by atoms with Gasteiger partial charge in [-0.05, 0) is 43.6 Å². The third-order valence-corrected chi connectivity index (χ3v) is 4.23. The van der Waals surface area contributed by atoms with Crippen LogP contribution in [0.5, 0.6) is 17.2 Å². The summed E-state index contributed by atoms with van der Waals surface area (Å²) in [7, 11) is 4.81. The molecule has 1 heterocycles. The van der Waals surface area contributed by atoms with E-state index in [9.17, 15) is 4.79 Å². The predicted octanol–water partition coefficient (Wildman–Crippen LogP) is 0.914. The number of piperidine rings is 1. The number of likely N-dealkylation sites (tertiary alicyclic amines) is 1. The zero-order valence-corrected chi connectivity index (χ0v) is 13.9. The maximum atomic E-state index is 11.6. The maximum Gasteiger partial charge on any atom is 0.237 e. The maximum absolute atomic E-state index is 11.6. The number of rotatable bonds is 6. The zero-order valence-electron chi connectivity index (χ0n) is 13.9. The first kappa shape index (κ1) is 17.4. The molecule has 1 aliphatic rings. The number of hydrogen-bond acceptors (Lipinski definition) is 6. The molecule has 7 nitrogen and oxygen atoms in total. The SMILES string of the molecule is COc1cc(CN2CCC(C(=O)NN)CC2)cc(OC)c1OC. The molecule has 0 aromatic heterocycles. The molecule has 1 aromatic rings. The topological polar surface area (TPSA) is 86.1 Å². The van der Waals surface area contributed by atoms with Crippen molar-refractivity contribution in [3.8, 4) is 17.2 Å². The average molecular weight is 323 g/mol. The summed E-state index contributed by atoms with van der Waals surface area (Å²) < 4.78 is 16.1. The van der Waals surface area contributed by atoms with Gasteiger partial charge >= 0.3 is 0 Å². The number of carbonyl (C=O) groups is 1. The molecule has 1 fully saturated rings. The molecule has 7 heteroatoms. The lowest BCUT2D eigenvalue weighted by molar-refractivity contribution is -0.126. The molecule has 0 bridgehead atoms. The van der Waals surface area contributed by atoms with Crippen LogP contribution >= 0.6 is 0 Å². The van der Waals surface area contributed by atoms with Crippen LogP contribution < -0.4 is 25.5 Å². The Morgan fingerprint density at radius 2 is 1.74 bits per heavy atom. The van der Waals surface area contributed by atoms with Gasteiger partial charge in [-0.2, -0.15) is 0 Å². The van der Waals surface area contributed by atoms with E-state index in [0.717, 1.165) is 38.0 Å². The molecule has 3 N–H and O–H groups in total. The molecule has 1 aliphatic heterocycles. The van der Waals surface area contributed by atoms with Crippen molar-refractivity contribution in [2.45, 2.75) is 19.4 Å². The van der Waals surface area contributed by atoms with Crippen molar-refractivity contribution in [1.82, 2.24) is 10.3 Å². The quantitative estimate of drug-likeness (QED) is 0.460. The Morgan fingerprint density at radius 1 is 1.17 bits per heavy atom. The number of ether oxygens (including phenoxy) is 3. The van der Waals surface area contributed by atoms with Crippen LogP contribution in [0.25, 0.3) is 0 Å². The fourth-order valence-electron chi connectivity index (χ4n) is 2.96. The highest BCUT2D eigenvalue weighted by Gasteiger charge is 2.25. The van der Waals surface area contributed by atoms with Gasteiger partial charge in [-0.1, -0.05) is 0 Å². The van der Waals surface area contributed by atoms with E-state index in [2.05, 4.69) is 10.3 Å². The third kappa shape index (κ3) is 4.05. The molecule has 0 aliphatic carbocycles. The summed E-state index contributed by atoms with van der Waals surface area (Å²) in [6, 6.07) is 3.92. The van der Waals surface area contributed by atoms with E-state index in [1.165, 1.54) is 0 Å². The summed E-state index contributed by atoms with van der Waals surface area (Å²) in [5.41, 5.74) is 3.32. The zero-order chi connectivity index (χ0) is 16.8. The Morgan fingerprint density at radius 3 is 2.17 bits per heavy atom. The summed E-state index contributed by atoms with van der Waals surface area (Å²) in [5, 5.41) is 0. The van der Waals surface area contributed by atoms with E-state index in [4.69, 9.17) is 20.1 Å². The van der Waals surface area contributed by atoms with Crippen LogP contribution in [0.4, 0.5) is 0 Å². The summed E-state index contributed by atoms with van der Waals surface area (Å²) in [6.45, 7) is 2.48. The van der Waals surface area contributed by atoms with Crippen LogP contribution in [-0.2, 0) is 11.3 Å². The smallest absolute Gasteiger partial charge is 0.237 e. The number of amides is 1. The highest BCUT2D eigenvalue weighted by molar-refractivity contribution is 5.78. The summed E-state index contributed by atoms with van der Waals surface area (Å²) in [5.74, 6) is 7.04. The number of hydrazine groups is 1. The number of methoxy groups -OCH3 is 3. The Labute approximate surface area is 136 Å². The highest BCUT2D eigenvalue weighted by Crippen LogP contribution is 2.38. The second-order valence-electron chi connectivity index (χ2n) is 5.59. The minimum Gasteiger partial charge on any atom is -0.493 e. The molecule has 0 saturated carbocycles. The van der Waals surface area contributed by atoms with Crippen molar-refractivity contribution in [3.05, 3.63) is 17.7 Å². The van der Waals surface area contributed by atoms with Gasteiger partial charge < -0.3 is 14.2 Å². The van der Waals surface area contributed by atoms with Gasteiger partial charge in [0, 0.05) is 12.5 Å². The molecule has 0 radical (unpaired) electrons. The Hall–Kier alpha value is -1.99. The van der Waals surface area contributed by atoms with Crippen molar-refractivity contribution in [2.75, 3.05) is 34.4 Å². The number of nitrogens with zero attached hydrogens (tertiary/aromatic N) is 1. The van der Waals surface area contributed by atoms with Crippen LogP contribution in [0.15, 0.2) is 12.1 Å². The number of nitrogens with one attached hydrogen (secondary N) is 1. The van der Waals surface area contributed by atoms with Gasteiger partial charge in [0.15, 0.2) is 11.5 Å². The third-order valence-electron chi connectivity index (χ3n) is 4.23. The van der Waals surface area contributed by atoms with Crippen molar-refractivity contribution in [2.24, 2.45) is 11.8 Å². The van der Waals surface area contributed by atoms with Crippen molar-refractivity contribution < 1.29 is 19.0 Å². The Balaban J connectivity index is 2.05. The number of hydrogen-bond donors (Lipinski definition) is 2. The molecule has 1 amide bonds. The standard InChI is InChI=1S/C16H25N3O4/c1-21-13-8-11(9-14(22-2)15(13)23-3)10-19-6-4-12(5-7-19)16(20)18-17/h8-9,12H,4-7,10,17H2,1-3H3,(H,18,20). The minimum absolute atomic E-state index is 0.0104. The molecule has 0 spiro atoms. The van der Waals surface area contributed by atoms with Gasteiger partial charge in [0.05, 0.1) is 21.3 Å². The van der Waals surface area contributed by atoms with Gasteiger partial charge in [0.1, 0.15) is 0 Å². The van der Waals surface area contributed by atoms with E-state index in [1.807, 2.05) is 12.1 Å². The van der Waals surface area contributed by atoms with E-state index < -0.39 is 0 Å².